The third kappa shape index (κ3) is 6.36. The third-order valence-corrected chi connectivity index (χ3v) is 8.23. The molecule has 36 heavy (non-hydrogen) atoms. The molecule has 4 rings (SSSR count). The van der Waals surface area contributed by atoms with Crippen LogP contribution >= 0.6 is 0 Å². The predicted molar refractivity (Wildman–Crippen MR) is 136 cm³/mol. The molecule has 1 aliphatic rings. The average Bonchev–Trinajstić information content (AvgIpc) is 2.90. The lowest BCUT2D eigenvalue weighted by atomic mass is 10.0. The largest absolute Gasteiger partial charge is 0.383 e. The van der Waals surface area contributed by atoms with E-state index in [4.69, 9.17) is 4.84 Å². The number of hydrogen-bond donors (Lipinski definition) is 0. The van der Waals surface area contributed by atoms with Crippen LogP contribution in [0.4, 0.5) is 8.78 Å². The fourth-order valence-corrected chi connectivity index (χ4v) is 5.59. The highest BCUT2D eigenvalue weighted by atomic mass is 32.2. The second kappa shape index (κ2) is 11.8. The van der Waals surface area contributed by atoms with Gasteiger partial charge in [0.05, 0.1) is 10.6 Å². The van der Waals surface area contributed by atoms with Crippen LogP contribution in [0.2, 0.25) is 0 Å². The van der Waals surface area contributed by atoms with Crippen LogP contribution in [0.3, 0.4) is 0 Å². The van der Waals surface area contributed by atoms with Gasteiger partial charge in [0.15, 0.2) is 6.10 Å². The fourth-order valence-electron chi connectivity index (χ4n) is 4.15. The standard InChI is InChI=1S/C28H30F2N2O3S/c1-2-3-4-21-5-15-27(16-6-21)36(33,34)32-19-17-26(18-20-32)31-35-28(22-7-11-24(29)12-8-22)23-9-13-25(30)14-10-23/h5-16,28H,2-4,17-20H2,1H3. The van der Waals surface area contributed by atoms with Crippen molar-refractivity contribution in [2.45, 2.75) is 50.0 Å². The summed E-state index contributed by atoms with van der Waals surface area (Å²) in [4.78, 5) is 6.16. The number of oxime groups is 1. The van der Waals surface area contributed by atoms with E-state index in [1.54, 1.807) is 36.4 Å². The Kier molecular flexibility index (Phi) is 8.48. The average molecular weight is 513 g/mol. The molecule has 1 fully saturated rings. The Balaban J connectivity index is 1.43. The van der Waals surface area contributed by atoms with Crippen molar-refractivity contribution in [2.24, 2.45) is 5.16 Å². The fraction of sp³-hybridized carbons (Fsp3) is 0.321. The highest BCUT2D eigenvalue weighted by Gasteiger charge is 2.28. The van der Waals surface area contributed by atoms with E-state index in [9.17, 15) is 17.2 Å². The molecule has 0 aromatic heterocycles. The van der Waals surface area contributed by atoms with Crippen molar-refractivity contribution in [3.05, 3.63) is 101 Å². The topological polar surface area (TPSA) is 59.0 Å². The van der Waals surface area contributed by atoms with Gasteiger partial charge in [-0.3, -0.25) is 0 Å². The molecule has 1 heterocycles. The molecule has 5 nitrogen and oxygen atoms in total. The van der Waals surface area contributed by atoms with E-state index in [0.29, 0.717) is 42.0 Å². The van der Waals surface area contributed by atoms with Gasteiger partial charge in [0.1, 0.15) is 11.6 Å². The first-order chi connectivity index (χ1) is 17.4. The molecule has 190 valence electrons. The zero-order valence-electron chi connectivity index (χ0n) is 20.2. The monoisotopic (exact) mass is 512 g/mol. The first-order valence-corrected chi connectivity index (χ1v) is 13.6. The Morgan fingerprint density at radius 1 is 0.861 bits per heavy atom. The van der Waals surface area contributed by atoms with Crippen LogP contribution < -0.4 is 0 Å². The van der Waals surface area contributed by atoms with Gasteiger partial charge in [0.25, 0.3) is 0 Å². The molecule has 0 radical (unpaired) electrons. The van der Waals surface area contributed by atoms with Gasteiger partial charge in [0.2, 0.25) is 10.0 Å². The minimum atomic E-state index is -3.58. The number of rotatable bonds is 9. The molecule has 0 amide bonds. The van der Waals surface area contributed by atoms with Gasteiger partial charge < -0.3 is 4.84 Å². The van der Waals surface area contributed by atoms with Gasteiger partial charge in [-0.25, -0.2) is 17.2 Å². The number of halogens is 2. The summed E-state index contributed by atoms with van der Waals surface area (Å²) in [5.74, 6) is -0.737. The van der Waals surface area contributed by atoms with Crippen molar-refractivity contribution in [1.82, 2.24) is 4.31 Å². The van der Waals surface area contributed by atoms with Crippen LogP contribution in [0, 0.1) is 11.6 Å². The molecule has 0 saturated carbocycles. The van der Waals surface area contributed by atoms with E-state index in [-0.39, 0.29) is 11.6 Å². The molecule has 0 bridgehead atoms. The number of sulfonamides is 1. The lowest BCUT2D eigenvalue weighted by Crippen LogP contribution is -2.38. The molecule has 8 heteroatoms. The van der Waals surface area contributed by atoms with Crippen molar-refractivity contribution >= 4 is 15.7 Å². The third-order valence-electron chi connectivity index (χ3n) is 6.31. The normalized spacial score (nSPS) is 14.7. The summed E-state index contributed by atoms with van der Waals surface area (Å²) < 4.78 is 54.6. The minimum Gasteiger partial charge on any atom is -0.383 e. The van der Waals surface area contributed by atoms with Crippen molar-refractivity contribution in [2.75, 3.05) is 13.1 Å². The second-order valence-electron chi connectivity index (χ2n) is 8.90. The van der Waals surface area contributed by atoms with Gasteiger partial charge in [-0.15, -0.1) is 0 Å². The van der Waals surface area contributed by atoms with E-state index < -0.39 is 16.1 Å². The smallest absolute Gasteiger partial charge is 0.243 e. The van der Waals surface area contributed by atoms with Gasteiger partial charge in [-0.1, -0.05) is 54.9 Å². The van der Waals surface area contributed by atoms with Crippen molar-refractivity contribution < 1.29 is 22.0 Å². The van der Waals surface area contributed by atoms with E-state index in [1.165, 1.54) is 28.6 Å². The van der Waals surface area contributed by atoms with Crippen LogP contribution in [0.25, 0.3) is 0 Å². The molecule has 0 N–H and O–H groups in total. The Morgan fingerprint density at radius 3 is 1.89 bits per heavy atom. The number of piperidine rings is 1. The Hall–Kier alpha value is -3.10. The predicted octanol–water partition coefficient (Wildman–Crippen LogP) is 6.25. The Bertz CT molecular complexity index is 1220. The molecule has 1 saturated heterocycles. The van der Waals surface area contributed by atoms with Crippen molar-refractivity contribution in [1.29, 1.82) is 0 Å². The Morgan fingerprint density at radius 2 is 1.39 bits per heavy atom. The summed E-state index contributed by atoms with van der Waals surface area (Å²) in [6.45, 7) is 2.74. The highest BCUT2D eigenvalue weighted by Crippen LogP contribution is 2.28. The number of nitrogens with zero attached hydrogens (tertiary/aromatic N) is 2. The highest BCUT2D eigenvalue weighted by molar-refractivity contribution is 7.89. The minimum absolute atomic E-state index is 0.298. The maximum absolute atomic E-state index is 13.4. The summed E-state index contributed by atoms with van der Waals surface area (Å²) in [6, 6.07) is 18.9. The lowest BCUT2D eigenvalue weighted by molar-refractivity contribution is 0.0855. The molecular formula is C28H30F2N2O3S. The van der Waals surface area contributed by atoms with Gasteiger partial charge in [0, 0.05) is 25.9 Å². The van der Waals surface area contributed by atoms with E-state index in [0.717, 1.165) is 30.5 Å². The van der Waals surface area contributed by atoms with Gasteiger partial charge >= 0.3 is 0 Å². The summed E-state index contributed by atoms with van der Waals surface area (Å²) in [5.41, 5.74) is 3.23. The molecule has 1 aliphatic heterocycles. The lowest BCUT2D eigenvalue weighted by Gasteiger charge is -2.27. The summed E-state index contributed by atoms with van der Waals surface area (Å²) in [5, 5.41) is 4.32. The number of hydrogen-bond acceptors (Lipinski definition) is 4. The van der Waals surface area contributed by atoms with Gasteiger partial charge in [-0.05, 0) is 65.9 Å². The van der Waals surface area contributed by atoms with E-state index >= 15 is 0 Å². The number of aryl methyl sites for hydroxylation is 1. The first-order valence-electron chi connectivity index (χ1n) is 12.2. The zero-order chi connectivity index (χ0) is 25.5. The number of benzene rings is 3. The van der Waals surface area contributed by atoms with Gasteiger partial charge in [-0.2, -0.15) is 4.31 Å². The van der Waals surface area contributed by atoms with E-state index in [2.05, 4.69) is 12.1 Å². The molecule has 0 unspecified atom stereocenters. The van der Waals surface area contributed by atoms with Crippen LogP contribution in [-0.2, 0) is 21.3 Å². The van der Waals surface area contributed by atoms with Crippen molar-refractivity contribution in [3.8, 4) is 0 Å². The molecule has 0 spiro atoms. The first kappa shape index (κ1) is 26.0. The zero-order valence-corrected chi connectivity index (χ0v) is 21.1. The van der Waals surface area contributed by atoms with E-state index in [1.807, 2.05) is 12.1 Å². The SMILES string of the molecule is CCCCc1ccc(S(=O)(=O)N2CCC(=NOC(c3ccc(F)cc3)c3ccc(F)cc3)CC2)cc1. The molecule has 0 atom stereocenters. The number of unbranched alkanes of at least 4 members (excludes halogenated alkanes) is 1. The summed E-state index contributed by atoms with van der Waals surface area (Å²) in [6.07, 6.45) is 3.34. The van der Waals surface area contributed by atoms with Crippen LogP contribution in [0.1, 0.15) is 55.4 Å². The molecule has 3 aromatic carbocycles. The maximum atomic E-state index is 13.4. The summed E-state index contributed by atoms with van der Waals surface area (Å²) >= 11 is 0. The molecule has 0 aliphatic carbocycles. The maximum Gasteiger partial charge on any atom is 0.243 e. The van der Waals surface area contributed by atoms with Crippen LogP contribution in [0.5, 0.6) is 0 Å². The quantitative estimate of drug-likeness (QED) is 0.318. The molecular weight excluding hydrogens is 482 g/mol. The second-order valence-corrected chi connectivity index (χ2v) is 10.8. The van der Waals surface area contributed by atoms with Crippen LogP contribution in [0.15, 0.2) is 82.8 Å². The van der Waals surface area contributed by atoms with Crippen LogP contribution in [-0.4, -0.2) is 31.5 Å². The summed E-state index contributed by atoms with van der Waals surface area (Å²) in [7, 11) is -3.58. The Labute approximate surface area is 211 Å². The molecule has 3 aromatic rings. The van der Waals surface area contributed by atoms with Crippen molar-refractivity contribution in [3.63, 3.8) is 0 Å².